The first-order valence-electron chi connectivity index (χ1n) is 4.52. The van der Waals surface area contributed by atoms with Crippen LogP contribution in [-0.2, 0) is 0 Å². The van der Waals surface area contributed by atoms with Crippen LogP contribution in [0.3, 0.4) is 0 Å². The number of rotatable bonds is 2. The molecule has 0 bridgehead atoms. The van der Waals surface area contributed by atoms with Gasteiger partial charge in [-0.05, 0) is 24.6 Å². The van der Waals surface area contributed by atoms with Gasteiger partial charge in [-0.1, -0.05) is 29.3 Å². The monoisotopic (exact) mass is 254 g/mol. The zero-order valence-electron chi connectivity index (χ0n) is 8.43. The van der Waals surface area contributed by atoms with Gasteiger partial charge in [-0.25, -0.2) is 4.68 Å². The number of nitrogens with zero attached hydrogens (tertiary/aromatic N) is 4. The Labute approximate surface area is 103 Å². The third-order valence-corrected chi connectivity index (χ3v) is 2.75. The fourth-order valence-electron chi connectivity index (χ4n) is 1.20. The second-order valence-corrected chi connectivity index (χ2v) is 3.97. The van der Waals surface area contributed by atoms with Crippen LogP contribution in [-0.4, -0.2) is 20.6 Å². The third-order valence-electron chi connectivity index (χ3n) is 2.01. The lowest BCUT2D eigenvalue weighted by Crippen LogP contribution is -1.98. The molecule has 82 valence electrons. The van der Waals surface area contributed by atoms with E-state index >= 15 is 0 Å². The highest BCUT2D eigenvalue weighted by atomic mass is 35.5. The summed E-state index contributed by atoms with van der Waals surface area (Å²) in [5.41, 5.74) is 1.71. The van der Waals surface area contributed by atoms with Crippen molar-refractivity contribution in [2.45, 2.75) is 6.92 Å². The lowest BCUT2D eigenvalue weighted by Gasteiger charge is -2.02. The van der Waals surface area contributed by atoms with Crippen LogP contribution in [0, 0.1) is 0 Å². The maximum atomic E-state index is 5.92. The van der Waals surface area contributed by atoms with Gasteiger partial charge in [0, 0.05) is 0 Å². The predicted octanol–water partition coefficient (Wildman–Crippen LogP) is 2.86. The van der Waals surface area contributed by atoms with Crippen LogP contribution >= 0.6 is 23.2 Å². The molecule has 0 aliphatic heterocycles. The third kappa shape index (κ3) is 2.40. The van der Waals surface area contributed by atoms with Crippen molar-refractivity contribution in [1.82, 2.24) is 14.9 Å². The van der Waals surface area contributed by atoms with Crippen molar-refractivity contribution in [2.24, 2.45) is 5.10 Å². The van der Waals surface area contributed by atoms with E-state index in [0.717, 1.165) is 11.3 Å². The Morgan fingerprint density at radius 2 is 1.88 bits per heavy atom. The Bertz CT molecular complexity index is 520. The average molecular weight is 255 g/mol. The summed E-state index contributed by atoms with van der Waals surface area (Å²) in [4.78, 5) is 0. The van der Waals surface area contributed by atoms with E-state index in [4.69, 9.17) is 23.2 Å². The molecule has 0 saturated carbocycles. The van der Waals surface area contributed by atoms with E-state index in [9.17, 15) is 0 Å². The predicted molar refractivity (Wildman–Crippen MR) is 64.1 cm³/mol. The molecular weight excluding hydrogens is 247 g/mol. The lowest BCUT2D eigenvalue weighted by molar-refractivity contribution is 0.871. The van der Waals surface area contributed by atoms with E-state index in [1.54, 1.807) is 12.1 Å². The molecule has 0 aliphatic carbocycles. The Balaban J connectivity index is 2.34. The van der Waals surface area contributed by atoms with Crippen LogP contribution in [0.15, 0.2) is 36.0 Å². The summed E-state index contributed by atoms with van der Waals surface area (Å²) in [6, 6.07) is 5.37. The Morgan fingerprint density at radius 3 is 2.50 bits per heavy atom. The minimum atomic E-state index is 0.512. The molecule has 1 aromatic carbocycles. The van der Waals surface area contributed by atoms with E-state index in [0.29, 0.717) is 10.0 Å². The van der Waals surface area contributed by atoms with Gasteiger partial charge in [0.2, 0.25) is 0 Å². The zero-order valence-corrected chi connectivity index (χ0v) is 9.94. The number of aromatic nitrogens is 3. The van der Waals surface area contributed by atoms with Crippen LogP contribution in [0.25, 0.3) is 0 Å². The maximum absolute atomic E-state index is 5.92. The van der Waals surface area contributed by atoms with E-state index in [2.05, 4.69) is 15.3 Å². The van der Waals surface area contributed by atoms with E-state index in [1.807, 2.05) is 13.0 Å². The van der Waals surface area contributed by atoms with Crippen LogP contribution in [0.4, 0.5) is 0 Å². The summed E-state index contributed by atoms with van der Waals surface area (Å²) in [5.74, 6) is 0. The summed E-state index contributed by atoms with van der Waals surface area (Å²) in [5, 5.41) is 12.6. The minimum absolute atomic E-state index is 0.512. The summed E-state index contributed by atoms with van der Waals surface area (Å²) in [7, 11) is 0. The Hall–Kier alpha value is -1.39. The van der Waals surface area contributed by atoms with Gasteiger partial charge < -0.3 is 0 Å². The molecule has 2 aromatic rings. The van der Waals surface area contributed by atoms with Crippen LogP contribution in [0.2, 0.25) is 10.0 Å². The molecule has 0 aliphatic rings. The number of hydrogen-bond acceptors (Lipinski definition) is 3. The standard InChI is InChI=1S/C10H8Cl2N4/c1-7(15-16-5-13-14-6-16)8-2-3-9(11)10(12)4-8/h2-6H,1H3. The van der Waals surface area contributed by atoms with Gasteiger partial charge >= 0.3 is 0 Å². The van der Waals surface area contributed by atoms with Crippen molar-refractivity contribution < 1.29 is 0 Å². The normalized spacial score (nSPS) is 11.8. The molecule has 1 heterocycles. The van der Waals surface area contributed by atoms with Gasteiger partial charge in [-0.2, -0.15) is 5.10 Å². The SMILES string of the molecule is CC(=Nn1cnnc1)c1ccc(Cl)c(Cl)c1. The Kier molecular flexibility index (Phi) is 3.22. The fourth-order valence-corrected chi connectivity index (χ4v) is 1.50. The topological polar surface area (TPSA) is 43.1 Å². The Morgan fingerprint density at radius 1 is 1.19 bits per heavy atom. The molecule has 0 amide bonds. The van der Waals surface area contributed by atoms with Crippen molar-refractivity contribution in [3.63, 3.8) is 0 Å². The molecule has 0 fully saturated rings. The maximum Gasteiger partial charge on any atom is 0.141 e. The number of halogens is 2. The van der Waals surface area contributed by atoms with Crippen molar-refractivity contribution >= 4 is 28.9 Å². The summed E-state index contributed by atoms with van der Waals surface area (Å²) in [6.07, 6.45) is 3.03. The first kappa shape index (κ1) is 11.1. The molecule has 0 N–H and O–H groups in total. The zero-order chi connectivity index (χ0) is 11.5. The molecular formula is C10H8Cl2N4. The number of benzene rings is 1. The van der Waals surface area contributed by atoms with Crippen LogP contribution in [0.1, 0.15) is 12.5 Å². The van der Waals surface area contributed by atoms with Crippen LogP contribution in [0.5, 0.6) is 0 Å². The van der Waals surface area contributed by atoms with Crippen molar-refractivity contribution in [1.29, 1.82) is 0 Å². The van der Waals surface area contributed by atoms with Gasteiger partial charge in [0.1, 0.15) is 12.7 Å². The summed E-state index contributed by atoms with van der Waals surface area (Å²) < 4.78 is 1.53. The molecule has 2 rings (SSSR count). The van der Waals surface area contributed by atoms with Gasteiger partial charge in [0.25, 0.3) is 0 Å². The molecule has 0 radical (unpaired) electrons. The van der Waals surface area contributed by atoms with E-state index < -0.39 is 0 Å². The fraction of sp³-hybridized carbons (Fsp3) is 0.100. The van der Waals surface area contributed by atoms with Crippen LogP contribution < -0.4 is 0 Å². The first-order valence-corrected chi connectivity index (χ1v) is 5.28. The summed E-state index contributed by atoms with van der Waals surface area (Å²) >= 11 is 11.8. The van der Waals surface area contributed by atoms with Crippen molar-refractivity contribution in [3.8, 4) is 0 Å². The first-order chi connectivity index (χ1) is 7.66. The van der Waals surface area contributed by atoms with Gasteiger partial charge in [-0.15, -0.1) is 10.2 Å². The second-order valence-electron chi connectivity index (χ2n) is 3.16. The van der Waals surface area contributed by atoms with Gasteiger partial charge in [-0.3, -0.25) is 0 Å². The molecule has 16 heavy (non-hydrogen) atoms. The molecule has 0 atom stereocenters. The van der Waals surface area contributed by atoms with Crippen molar-refractivity contribution in [3.05, 3.63) is 46.5 Å². The molecule has 0 spiro atoms. The number of hydrogen-bond donors (Lipinski definition) is 0. The second kappa shape index (κ2) is 4.63. The van der Waals surface area contributed by atoms with Crippen molar-refractivity contribution in [2.75, 3.05) is 0 Å². The molecule has 4 nitrogen and oxygen atoms in total. The summed E-state index contributed by atoms with van der Waals surface area (Å²) in [6.45, 7) is 1.87. The highest BCUT2D eigenvalue weighted by Gasteiger charge is 2.02. The smallest absolute Gasteiger partial charge is 0.141 e. The van der Waals surface area contributed by atoms with Gasteiger partial charge in [0.05, 0.1) is 15.8 Å². The lowest BCUT2D eigenvalue weighted by atomic mass is 10.1. The largest absolute Gasteiger partial charge is 0.207 e. The highest BCUT2D eigenvalue weighted by Crippen LogP contribution is 2.22. The molecule has 0 saturated heterocycles. The highest BCUT2D eigenvalue weighted by molar-refractivity contribution is 6.42. The molecule has 1 aromatic heterocycles. The average Bonchev–Trinajstić information content (AvgIpc) is 2.74. The van der Waals surface area contributed by atoms with Gasteiger partial charge in [0.15, 0.2) is 0 Å². The molecule has 0 unspecified atom stereocenters. The van der Waals surface area contributed by atoms with E-state index in [-0.39, 0.29) is 0 Å². The van der Waals surface area contributed by atoms with E-state index in [1.165, 1.54) is 17.3 Å². The quantitative estimate of drug-likeness (QED) is 0.774. The molecule has 6 heteroatoms. The minimum Gasteiger partial charge on any atom is -0.207 e.